The third-order valence-electron chi connectivity index (χ3n) is 4.47. The molecule has 1 aromatic heterocycles. The highest BCUT2D eigenvalue weighted by molar-refractivity contribution is 5.75. The van der Waals surface area contributed by atoms with Gasteiger partial charge in [-0.25, -0.2) is 9.78 Å². The molecule has 0 radical (unpaired) electrons. The van der Waals surface area contributed by atoms with Gasteiger partial charge < -0.3 is 19.9 Å². The maximum absolute atomic E-state index is 12.7. The Morgan fingerprint density at radius 1 is 1.07 bits per heavy atom. The minimum absolute atomic E-state index is 0.112. The number of nitrogens with one attached hydrogen (secondary N) is 2. The van der Waals surface area contributed by atoms with Gasteiger partial charge >= 0.3 is 6.03 Å². The third-order valence-corrected chi connectivity index (χ3v) is 4.47. The van der Waals surface area contributed by atoms with Gasteiger partial charge in [-0.2, -0.15) is 0 Å². The number of methoxy groups -OCH3 is 1. The highest BCUT2D eigenvalue weighted by Crippen LogP contribution is 2.24. The molecule has 2 N–H and O–H groups in total. The van der Waals surface area contributed by atoms with Gasteiger partial charge in [0, 0.05) is 19.4 Å². The van der Waals surface area contributed by atoms with Crippen molar-refractivity contribution in [3.63, 3.8) is 0 Å². The van der Waals surface area contributed by atoms with Crippen LogP contribution < -0.4 is 15.4 Å². The molecule has 6 heteroatoms. The third kappa shape index (κ3) is 4.47. The molecule has 140 valence electrons. The summed E-state index contributed by atoms with van der Waals surface area (Å²) in [6, 6.07) is 16.7. The van der Waals surface area contributed by atoms with E-state index in [2.05, 4.69) is 15.6 Å². The molecule has 0 spiro atoms. The van der Waals surface area contributed by atoms with Gasteiger partial charge in [0.2, 0.25) is 0 Å². The molecule has 0 aliphatic carbocycles. The quantitative estimate of drug-likeness (QED) is 0.702. The zero-order chi connectivity index (χ0) is 19.2. The molecule has 0 unspecified atom stereocenters. The van der Waals surface area contributed by atoms with Crippen LogP contribution >= 0.6 is 0 Å². The number of aryl methyl sites for hydroxylation is 1. The van der Waals surface area contributed by atoms with Crippen molar-refractivity contribution in [2.24, 2.45) is 7.05 Å². The predicted molar refractivity (Wildman–Crippen MR) is 105 cm³/mol. The van der Waals surface area contributed by atoms with Crippen molar-refractivity contribution in [3.05, 3.63) is 83.9 Å². The van der Waals surface area contributed by atoms with Crippen molar-refractivity contribution in [2.45, 2.75) is 19.0 Å². The van der Waals surface area contributed by atoms with Crippen molar-refractivity contribution in [1.82, 2.24) is 20.2 Å². The Kier molecular flexibility index (Phi) is 5.76. The maximum Gasteiger partial charge on any atom is 0.316 e. The second-order valence-corrected chi connectivity index (χ2v) is 6.36. The van der Waals surface area contributed by atoms with Gasteiger partial charge in [-0.3, -0.25) is 0 Å². The summed E-state index contributed by atoms with van der Waals surface area (Å²) >= 11 is 0. The fourth-order valence-electron chi connectivity index (χ4n) is 2.97. The number of urea groups is 1. The number of rotatable bonds is 6. The maximum atomic E-state index is 12.7. The molecule has 0 aliphatic rings. The molecular formula is C21H24N4O2. The van der Waals surface area contributed by atoms with Gasteiger partial charge in [-0.15, -0.1) is 0 Å². The second kappa shape index (κ2) is 8.40. The molecule has 2 amide bonds. The van der Waals surface area contributed by atoms with E-state index in [9.17, 15) is 4.79 Å². The minimum atomic E-state index is -0.400. The average Bonchev–Trinajstić information content (AvgIpc) is 3.12. The Hall–Kier alpha value is -3.28. The van der Waals surface area contributed by atoms with E-state index in [1.165, 1.54) is 0 Å². The first-order chi connectivity index (χ1) is 13.1. The first kappa shape index (κ1) is 18.5. The topological polar surface area (TPSA) is 68.2 Å². The van der Waals surface area contributed by atoms with Crippen LogP contribution in [0.25, 0.3) is 0 Å². The summed E-state index contributed by atoms with van der Waals surface area (Å²) in [5.41, 5.74) is 1.94. The molecule has 0 bridgehead atoms. The summed E-state index contributed by atoms with van der Waals surface area (Å²) in [4.78, 5) is 17.1. The van der Waals surface area contributed by atoms with E-state index >= 15 is 0 Å². The van der Waals surface area contributed by atoms with Crippen LogP contribution in [0.4, 0.5) is 4.79 Å². The summed E-state index contributed by atoms with van der Waals surface area (Å²) in [7, 11) is 3.53. The number of carbonyl (C=O) groups excluding carboxylic acids is 1. The van der Waals surface area contributed by atoms with Gasteiger partial charge in [-0.05, 0) is 30.2 Å². The van der Waals surface area contributed by atoms with Crippen LogP contribution in [0.2, 0.25) is 0 Å². The molecule has 3 aromatic rings. The minimum Gasteiger partial charge on any atom is -0.497 e. The standard InChI is InChI=1S/C21H24N4O2/c1-15(16-8-5-4-6-9-16)23-21(26)24-19(20-22-12-13-25(20)2)17-10-7-11-18(14-17)27-3/h4-15,19H,1-3H3,(H2,23,24,26)/t15-,19-/m1/s1. The molecular weight excluding hydrogens is 340 g/mol. The number of amides is 2. The first-order valence-electron chi connectivity index (χ1n) is 8.81. The summed E-state index contributed by atoms with van der Waals surface area (Å²) in [6.45, 7) is 1.95. The number of hydrogen-bond acceptors (Lipinski definition) is 3. The second-order valence-electron chi connectivity index (χ2n) is 6.36. The van der Waals surface area contributed by atoms with E-state index in [1.807, 2.05) is 79.3 Å². The number of imidazole rings is 1. The first-order valence-corrected chi connectivity index (χ1v) is 8.81. The van der Waals surface area contributed by atoms with Gasteiger partial charge in [-0.1, -0.05) is 42.5 Å². The van der Waals surface area contributed by atoms with E-state index in [0.717, 1.165) is 22.7 Å². The van der Waals surface area contributed by atoms with E-state index in [1.54, 1.807) is 13.3 Å². The molecule has 0 saturated heterocycles. The lowest BCUT2D eigenvalue weighted by molar-refractivity contribution is 0.235. The Morgan fingerprint density at radius 2 is 1.81 bits per heavy atom. The Labute approximate surface area is 159 Å². The Bertz CT molecular complexity index is 892. The van der Waals surface area contributed by atoms with Crippen molar-refractivity contribution < 1.29 is 9.53 Å². The van der Waals surface area contributed by atoms with E-state index in [4.69, 9.17) is 4.74 Å². The molecule has 0 aliphatic heterocycles. The van der Waals surface area contributed by atoms with E-state index in [0.29, 0.717) is 0 Å². The predicted octanol–water partition coefficient (Wildman–Crippen LogP) is 3.58. The van der Waals surface area contributed by atoms with Crippen molar-refractivity contribution in [1.29, 1.82) is 0 Å². The highest BCUT2D eigenvalue weighted by Gasteiger charge is 2.22. The van der Waals surface area contributed by atoms with Gasteiger partial charge in [0.15, 0.2) is 0 Å². The number of nitrogens with zero attached hydrogens (tertiary/aromatic N) is 2. The summed E-state index contributed by atoms with van der Waals surface area (Å²) < 4.78 is 7.22. The molecule has 2 atom stereocenters. The molecule has 0 fully saturated rings. The number of benzene rings is 2. The lowest BCUT2D eigenvalue weighted by Gasteiger charge is -2.22. The fraction of sp³-hybridized carbons (Fsp3) is 0.238. The van der Waals surface area contributed by atoms with Crippen LogP contribution in [0, 0.1) is 0 Å². The van der Waals surface area contributed by atoms with Crippen LogP contribution in [0.1, 0.15) is 36.0 Å². The van der Waals surface area contributed by atoms with Crippen LogP contribution in [0.15, 0.2) is 67.0 Å². The number of aromatic nitrogens is 2. The van der Waals surface area contributed by atoms with E-state index < -0.39 is 6.04 Å². The zero-order valence-corrected chi connectivity index (χ0v) is 15.7. The van der Waals surface area contributed by atoms with Gasteiger partial charge in [0.05, 0.1) is 13.2 Å². The van der Waals surface area contributed by atoms with Crippen molar-refractivity contribution in [3.8, 4) is 5.75 Å². The van der Waals surface area contributed by atoms with Crippen LogP contribution in [0.5, 0.6) is 5.75 Å². The van der Waals surface area contributed by atoms with Crippen LogP contribution in [0.3, 0.4) is 0 Å². The molecule has 3 rings (SSSR count). The highest BCUT2D eigenvalue weighted by atomic mass is 16.5. The lowest BCUT2D eigenvalue weighted by atomic mass is 10.1. The largest absolute Gasteiger partial charge is 0.497 e. The fourth-order valence-corrected chi connectivity index (χ4v) is 2.97. The number of carbonyl (C=O) groups is 1. The SMILES string of the molecule is COc1cccc([C@@H](NC(=O)N[C@H](C)c2ccccc2)c2nccn2C)c1. The normalized spacial score (nSPS) is 12.9. The molecule has 1 heterocycles. The van der Waals surface area contributed by atoms with E-state index in [-0.39, 0.29) is 12.1 Å². The van der Waals surface area contributed by atoms with Gasteiger partial charge in [0.1, 0.15) is 17.6 Å². The molecule has 0 saturated carbocycles. The van der Waals surface area contributed by atoms with Crippen molar-refractivity contribution in [2.75, 3.05) is 7.11 Å². The Balaban J connectivity index is 1.81. The average molecular weight is 364 g/mol. The summed E-state index contributed by atoms with van der Waals surface area (Å²) in [6.07, 6.45) is 3.57. The Morgan fingerprint density at radius 3 is 2.48 bits per heavy atom. The smallest absolute Gasteiger partial charge is 0.316 e. The monoisotopic (exact) mass is 364 g/mol. The molecule has 27 heavy (non-hydrogen) atoms. The lowest BCUT2D eigenvalue weighted by Crippen LogP contribution is -2.40. The summed E-state index contributed by atoms with van der Waals surface area (Å²) in [5, 5.41) is 6.03. The number of hydrogen-bond donors (Lipinski definition) is 2. The zero-order valence-electron chi connectivity index (χ0n) is 15.7. The molecule has 6 nitrogen and oxygen atoms in total. The van der Waals surface area contributed by atoms with Gasteiger partial charge in [0.25, 0.3) is 0 Å². The molecule has 2 aromatic carbocycles. The number of ether oxygens (including phenoxy) is 1. The summed E-state index contributed by atoms with van der Waals surface area (Å²) in [5.74, 6) is 1.47. The van der Waals surface area contributed by atoms with Crippen molar-refractivity contribution >= 4 is 6.03 Å². The van der Waals surface area contributed by atoms with Crippen LogP contribution in [-0.4, -0.2) is 22.7 Å². The van der Waals surface area contributed by atoms with Crippen LogP contribution in [-0.2, 0) is 7.05 Å².